The smallest absolute Gasteiger partial charge is 0.333 e. The van der Waals surface area contributed by atoms with Crippen molar-refractivity contribution in [2.75, 3.05) is 13.2 Å². The maximum Gasteiger partial charge on any atom is 0.333 e. The highest BCUT2D eigenvalue weighted by Gasteiger charge is 2.11. The minimum atomic E-state index is -0.349. The fraction of sp³-hybridized carbons (Fsp3) is 0.400. The molecule has 0 spiro atoms. The van der Waals surface area contributed by atoms with E-state index in [1.807, 2.05) is 0 Å². The molecule has 0 aliphatic heterocycles. The van der Waals surface area contributed by atoms with Gasteiger partial charge < -0.3 is 9.84 Å². The average Bonchev–Trinajstić information content (AvgIpc) is 2.67. The Hall–Kier alpha value is -2.39. The van der Waals surface area contributed by atoms with Crippen molar-refractivity contribution in [3.05, 3.63) is 70.8 Å². The van der Waals surface area contributed by atoms with Crippen LogP contribution in [0.4, 0.5) is 0 Å². The second kappa shape index (κ2) is 10.8. The van der Waals surface area contributed by atoms with Crippen molar-refractivity contribution in [1.29, 1.82) is 0 Å². The molecule has 2 aromatic carbocycles. The Labute approximate surface area is 169 Å². The quantitative estimate of drug-likeness (QED) is 0.455. The van der Waals surface area contributed by atoms with Crippen molar-refractivity contribution in [2.24, 2.45) is 0 Å². The fourth-order valence-corrected chi connectivity index (χ4v) is 3.40. The van der Waals surface area contributed by atoms with Crippen LogP contribution in [0.1, 0.15) is 48.9 Å². The molecule has 2 aromatic rings. The summed E-state index contributed by atoms with van der Waals surface area (Å²) < 4.78 is 5.32. The molecule has 0 atom stereocenters. The Balaban J connectivity index is 2.31. The Kier molecular flexibility index (Phi) is 8.46. The first-order valence-electron chi connectivity index (χ1n) is 10.1. The SMILES string of the molecule is C=C(C)C(=O)OCCc1cc(CCCO)ccc1-c1ccc(CCC)cc1C. The van der Waals surface area contributed by atoms with Crippen molar-refractivity contribution in [3.8, 4) is 11.1 Å². The maximum absolute atomic E-state index is 11.7. The molecule has 0 amide bonds. The summed E-state index contributed by atoms with van der Waals surface area (Å²) in [6.07, 6.45) is 4.46. The van der Waals surface area contributed by atoms with Crippen LogP contribution in [0.15, 0.2) is 48.6 Å². The normalized spacial score (nSPS) is 10.7. The summed E-state index contributed by atoms with van der Waals surface area (Å²) in [4.78, 5) is 11.7. The molecule has 2 rings (SSSR count). The van der Waals surface area contributed by atoms with E-state index in [1.54, 1.807) is 6.92 Å². The lowest BCUT2D eigenvalue weighted by Gasteiger charge is -2.15. The highest BCUT2D eigenvalue weighted by atomic mass is 16.5. The monoisotopic (exact) mass is 380 g/mol. The van der Waals surface area contributed by atoms with E-state index < -0.39 is 0 Å². The molecule has 0 bridgehead atoms. The first kappa shape index (κ1) is 21.9. The number of aryl methyl sites for hydroxylation is 3. The van der Waals surface area contributed by atoms with Crippen LogP contribution in [-0.4, -0.2) is 24.3 Å². The lowest BCUT2D eigenvalue weighted by atomic mass is 9.91. The molecule has 0 fully saturated rings. The summed E-state index contributed by atoms with van der Waals surface area (Å²) in [6, 6.07) is 13.1. The lowest BCUT2D eigenvalue weighted by Crippen LogP contribution is -2.09. The summed E-state index contributed by atoms with van der Waals surface area (Å²) in [5.41, 5.74) is 7.79. The van der Waals surface area contributed by atoms with Gasteiger partial charge in [0.1, 0.15) is 0 Å². The van der Waals surface area contributed by atoms with Gasteiger partial charge in [-0.25, -0.2) is 4.79 Å². The number of aliphatic hydroxyl groups is 1. The summed E-state index contributed by atoms with van der Waals surface area (Å²) in [5.74, 6) is -0.349. The van der Waals surface area contributed by atoms with E-state index in [4.69, 9.17) is 9.84 Å². The van der Waals surface area contributed by atoms with Crippen molar-refractivity contribution >= 4 is 5.97 Å². The second-order valence-electron chi connectivity index (χ2n) is 7.38. The van der Waals surface area contributed by atoms with Gasteiger partial charge in [-0.1, -0.05) is 56.3 Å². The van der Waals surface area contributed by atoms with Gasteiger partial charge in [0, 0.05) is 18.6 Å². The Morgan fingerprint density at radius 2 is 1.71 bits per heavy atom. The Bertz CT molecular complexity index is 821. The molecule has 0 unspecified atom stereocenters. The minimum Gasteiger partial charge on any atom is -0.462 e. The number of benzene rings is 2. The predicted octanol–water partition coefficient (Wildman–Crippen LogP) is 5.20. The molecular weight excluding hydrogens is 348 g/mol. The third-order valence-corrected chi connectivity index (χ3v) is 4.87. The van der Waals surface area contributed by atoms with Crippen LogP contribution in [0.3, 0.4) is 0 Å². The number of esters is 1. The van der Waals surface area contributed by atoms with E-state index in [2.05, 4.69) is 56.8 Å². The minimum absolute atomic E-state index is 0.186. The van der Waals surface area contributed by atoms with Gasteiger partial charge in [-0.15, -0.1) is 0 Å². The van der Waals surface area contributed by atoms with E-state index in [0.29, 0.717) is 18.6 Å². The van der Waals surface area contributed by atoms with Crippen molar-refractivity contribution < 1.29 is 14.6 Å². The molecule has 0 aliphatic rings. The molecule has 0 saturated heterocycles. The van der Waals surface area contributed by atoms with Gasteiger partial charge in [0.25, 0.3) is 0 Å². The third-order valence-electron chi connectivity index (χ3n) is 4.87. The molecule has 0 aromatic heterocycles. The predicted molar refractivity (Wildman–Crippen MR) is 115 cm³/mol. The Morgan fingerprint density at radius 1 is 1.04 bits per heavy atom. The Morgan fingerprint density at radius 3 is 2.32 bits per heavy atom. The highest BCUT2D eigenvalue weighted by molar-refractivity contribution is 5.86. The van der Waals surface area contributed by atoms with Crippen molar-refractivity contribution in [1.82, 2.24) is 0 Å². The van der Waals surface area contributed by atoms with E-state index in [0.717, 1.165) is 31.2 Å². The zero-order chi connectivity index (χ0) is 20.5. The molecule has 150 valence electrons. The molecule has 0 heterocycles. The van der Waals surface area contributed by atoms with Crippen LogP contribution in [0.25, 0.3) is 11.1 Å². The molecule has 28 heavy (non-hydrogen) atoms. The van der Waals surface area contributed by atoms with Gasteiger partial charge >= 0.3 is 5.97 Å². The van der Waals surface area contributed by atoms with Crippen LogP contribution in [-0.2, 0) is 28.8 Å². The van der Waals surface area contributed by atoms with Crippen molar-refractivity contribution in [3.63, 3.8) is 0 Å². The maximum atomic E-state index is 11.7. The zero-order valence-corrected chi connectivity index (χ0v) is 17.4. The number of aliphatic hydroxyl groups excluding tert-OH is 1. The summed E-state index contributed by atoms with van der Waals surface area (Å²) in [7, 11) is 0. The van der Waals surface area contributed by atoms with E-state index >= 15 is 0 Å². The first-order chi connectivity index (χ1) is 13.5. The van der Waals surface area contributed by atoms with Crippen LogP contribution in [0.5, 0.6) is 0 Å². The van der Waals surface area contributed by atoms with Crippen LogP contribution >= 0.6 is 0 Å². The molecule has 3 nitrogen and oxygen atoms in total. The third kappa shape index (κ3) is 6.07. The summed E-state index contributed by atoms with van der Waals surface area (Å²) in [5, 5.41) is 9.12. The van der Waals surface area contributed by atoms with E-state index in [-0.39, 0.29) is 12.6 Å². The molecule has 1 N–H and O–H groups in total. The van der Waals surface area contributed by atoms with Gasteiger partial charge in [0.05, 0.1) is 6.61 Å². The number of hydrogen-bond donors (Lipinski definition) is 1. The average molecular weight is 381 g/mol. The van der Waals surface area contributed by atoms with Crippen molar-refractivity contribution in [2.45, 2.75) is 52.9 Å². The van der Waals surface area contributed by atoms with E-state index in [9.17, 15) is 4.79 Å². The van der Waals surface area contributed by atoms with Gasteiger partial charge in [-0.2, -0.15) is 0 Å². The van der Waals surface area contributed by atoms with Gasteiger partial charge in [0.15, 0.2) is 0 Å². The molecule has 0 radical (unpaired) electrons. The van der Waals surface area contributed by atoms with Crippen LogP contribution in [0.2, 0.25) is 0 Å². The molecule has 0 aliphatic carbocycles. The van der Waals surface area contributed by atoms with Gasteiger partial charge in [-0.3, -0.25) is 0 Å². The number of rotatable bonds is 10. The fourth-order valence-electron chi connectivity index (χ4n) is 3.40. The molecular formula is C25H32O3. The first-order valence-corrected chi connectivity index (χ1v) is 10.1. The highest BCUT2D eigenvalue weighted by Crippen LogP contribution is 2.29. The molecule has 3 heteroatoms. The topological polar surface area (TPSA) is 46.5 Å². The zero-order valence-electron chi connectivity index (χ0n) is 17.4. The second-order valence-corrected chi connectivity index (χ2v) is 7.38. The lowest BCUT2D eigenvalue weighted by molar-refractivity contribution is -0.138. The largest absolute Gasteiger partial charge is 0.462 e. The number of ether oxygens (including phenoxy) is 1. The number of carbonyl (C=O) groups is 1. The summed E-state index contributed by atoms with van der Waals surface area (Å²) >= 11 is 0. The standard InChI is InChI=1S/C25H32O3/c1-5-7-20-9-11-23(19(4)16-20)24-12-10-21(8-6-14-26)17-22(24)13-15-28-25(27)18(2)3/h9-12,16-17,26H,2,5-8,13-15H2,1,3-4H3. The van der Waals surface area contributed by atoms with Crippen LogP contribution < -0.4 is 0 Å². The molecule has 0 saturated carbocycles. The van der Waals surface area contributed by atoms with Gasteiger partial charge in [0.2, 0.25) is 0 Å². The number of carbonyl (C=O) groups excluding carboxylic acids is 1. The summed E-state index contributed by atoms with van der Waals surface area (Å²) in [6.45, 7) is 10.1. The van der Waals surface area contributed by atoms with Gasteiger partial charge in [-0.05, 0) is 66.5 Å². The number of hydrogen-bond acceptors (Lipinski definition) is 3. The van der Waals surface area contributed by atoms with E-state index in [1.165, 1.54) is 27.8 Å². The van der Waals surface area contributed by atoms with Crippen LogP contribution in [0, 0.1) is 6.92 Å².